The zero-order valence-corrected chi connectivity index (χ0v) is 8.63. The van der Waals surface area contributed by atoms with Gasteiger partial charge >= 0.3 is 0 Å². The van der Waals surface area contributed by atoms with E-state index in [4.69, 9.17) is 0 Å². The summed E-state index contributed by atoms with van der Waals surface area (Å²) in [5.74, 6) is 0. The summed E-state index contributed by atoms with van der Waals surface area (Å²) in [5.41, 5.74) is 0. The fourth-order valence-corrected chi connectivity index (χ4v) is 3.47. The van der Waals surface area contributed by atoms with Crippen molar-refractivity contribution >= 4 is 35.7 Å². The monoisotopic (exact) mass is 263 g/mol. The second-order valence-electron chi connectivity index (χ2n) is 1.41. The highest BCUT2D eigenvalue weighted by Crippen LogP contribution is 2.07. The minimum Gasteiger partial charge on any atom is -0.447 e. The maximum atomic E-state index is 10.4. The molecular formula is C4H9IOPS-. The SMILES string of the molecule is CCCCP=[S-](=O)I. The van der Waals surface area contributed by atoms with Crippen molar-refractivity contribution < 1.29 is 4.21 Å². The summed E-state index contributed by atoms with van der Waals surface area (Å²) in [5, 5.41) is 0. The number of halogens is 1. The van der Waals surface area contributed by atoms with Gasteiger partial charge < -0.3 is 4.21 Å². The molecule has 0 unspecified atom stereocenters. The van der Waals surface area contributed by atoms with Crippen LogP contribution in [0.25, 0.3) is 0 Å². The predicted molar refractivity (Wildman–Crippen MR) is 48.8 cm³/mol. The minimum absolute atomic E-state index is 0.625. The number of hydrogen-bond donors (Lipinski definition) is 0. The molecule has 0 aromatic rings. The van der Waals surface area contributed by atoms with Gasteiger partial charge in [0, 0.05) is 0 Å². The van der Waals surface area contributed by atoms with E-state index in [-0.39, 0.29) is 0 Å². The van der Waals surface area contributed by atoms with Crippen molar-refractivity contribution in [3.63, 3.8) is 0 Å². The highest BCUT2D eigenvalue weighted by molar-refractivity contribution is 14.2. The molecule has 0 aromatic carbocycles. The molecule has 0 saturated heterocycles. The van der Waals surface area contributed by atoms with E-state index in [1.807, 2.05) is 21.2 Å². The standard InChI is InChI=1S/C4H9IOPS/c1-2-3-4-7-8(5)6/h2-4H2,1H3/q-1. The molecule has 0 amide bonds. The largest absolute Gasteiger partial charge is 0.447 e. The quantitative estimate of drug-likeness (QED) is 0.251. The van der Waals surface area contributed by atoms with Gasteiger partial charge in [0.15, 0.2) is 0 Å². The van der Waals surface area contributed by atoms with Crippen molar-refractivity contribution in [2.75, 3.05) is 6.16 Å². The summed E-state index contributed by atoms with van der Waals surface area (Å²) >= 11 is 1.94. The molecule has 0 aromatic heterocycles. The molecule has 0 radical (unpaired) electrons. The van der Waals surface area contributed by atoms with Crippen LogP contribution in [-0.2, 0) is 11.4 Å². The normalized spacial score (nSPS) is 14.2. The second-order valence-corrected chi connectivity index (χ2v) is 8.79. The zero-order valence-electron chi connectivity index (χ0n) is 4.76. The highest BCUT2D eigenvalue weighted by Gasteiger charge is 1.72. The van der Waals surface area contributed by atoms with Crippen LogP contribution in [0.15, 0.2) is 0 Å². The van der Waals surface area contributed by atoms with Gasteiger partial charge in [-0.05, 0) is 12.6 Å². The van der Waals surface area contributed by atoms with Crippen LogP contribution in [0.1, 0.15) is 19.8 Å². The first kappa shape index (κ1) is 9.18. The van der Waals surface area contributed by atoms with E-state index in [0.717, 1.165) is 13.5 Å². The molecule has 0 fully saturated rings. The molecule has 0 atom stereocenters. The van der Waals surface area contributed by atoms with Crippen molar-refractivity contribution in [3.8, 4) is 0 Å². The van der Waals surface area contributed by atoms with E-state index in [1.165, 1.54) is 12.8 Å². The summed E-state index contributed by atoms with van der Waals surface area (Å²) < 4.78 is 10.4. The summed E-state index contributed by atoms with van der Waals surface area (Å²) in [4.78, 5) is 0. The van der Waals surface area contributed by atoms with E-state index in [9.17, 15) is 4.21 Å². The number of hydrogen-bond acceptors (Lipinski definition) is 2. The van der Waals surface area contributed by atoms with Gasteiger partial charge in [0.1, 0.15) is 0 Å². The highest BCUT2D eigenvalue weighted by atomic mass is 127. The molecule has 0 saturated carbocycles. The topological polar surface area (TPSA) is 17.1 Å². The Balaban J connectivity index is 3.17. The Morgan fingerprint density at radius 2 is 2.38 bits per heavy atom. The molecule has 0 aliphatic carbocycles. The Kier molecular flexibility index (Phi) is 7.23. The lowest BCUT2D eigenvalue weighted by atomic mass is 10.4. The third-order valence-electron chi connectivity index (χ3n) is 0.704. The molecule has 0 aliphatic heterocycles. The van der Waals surface area contributed by atoms with E-state index < -0.39 is 7.15 Å². The molecule has 0 spiro atoms. The first-order chi connectivity index (χ1) is 3.77. The lowest BCUT2D eigenvalue weighted by Crippen LogP contribution is -1.67. The Morgan fingerprint density at radius 1 is 1.75 bits per heavy atom. The summed E-state index contributed by atoms with van der Waals surface area (Å²) in [7, 11) is 0.460. The van der Waals surface area contributed by atoms with E-state index >= 15 is 0 Å². The lowest BCUT2D eigenvalue weighted by Gasteiger charge is -1.90. The van der Waals surface area contributed by atoms with Gasteiger partial charge in [0.2, 0.25) is 0 Å². The average Bonchev–Trinajstić information content (AvgIpc) is 1.66. The fourth-order valence-electron chi connectivity index (χ4n) is 0.294. The zero-order chi connectivity index (χ0) is 6.41. The van der Waals surface area contributed by atoms with Crippen LogP contribution in [0.4, 0.5) is 0 Å². The summed E-state index contributed by atoms with van der Waals surface area (Å²) in [6.45, 7) is 2.14. The van der Waals surface area contributed by atoms with Gasteiger partial charge in [-0.15, -0.1) is 0 Å². The molecule has 1 nitrogen and oxygen atoms in total. The lowest BCUT2D eigenvalue weighted by molar-refractivity contribution is 0.611. The van der Waals surface area contributed by atoms with Crippen LogP contribution in [0.5, 0.6) is 0 Å². The molecule has 50 valence electrons. The first-order valence-corrected chi connectivity index (χ1v) is 7.90. The maximum absolute atomic E-state index is 10.4. The van der Waals surface area contributed by atoms with E-state index in [2.05, 4.69) is 6.92 Å². The van der Waals surface area contributed by atoms with Crippen molar-refractivity contribution in [2.24, 2.45) is 0 Å². The summed E-state index contributed by atoms with van der Waals surface area (Å²) in [6.07, 6.45) is 3.50. The Labute approximate surface area is 65.7 Å². The Bertz CT molecular complexity index is 119. The van der Waals surface area contributed by atoms with Crippen LogP contribution >= 0.6 is 28.6 Å². The molecule has 0 heterocycles. The van der Waals surface area contributed by atoms with Gasteiger partial charge in [-0.2, -0.15) is 28.4 Å². The predicted octanol–water partition coefficient (Wildman–Crippen LogP) is 2.96. The van der Waals surface area contributed by atoms with Gasteiger partial charge in [-0.25, -0.2) is 7.36 Å². The minimum atomic E-state index is -0.625. The van der Waals surface area contributed by atoms with E-state index in [0.29, 0.717) is 0 Å². The van der Waals surface area contributed by atoms with Crippen LogP contribution in [0.3, 0.4) is 0 Å². The fraction of sp³-hybridized carbons (Fsp3) is 1.00. The van der Waals surface area contributed by atoms with Crippen molar-refractivity contribution in [2.45, 2.75) is 19.8 Å². The van der Waals surface area contributed by atoms with Gasteiger partial charge in [-0.1, -0.05) is 13.3 Å². The average molecular weight is 263 g/mol. The Hall–Kier alpha value is 1.18. The number of rotatable bonds is 3. The third kappa shape index (κ3) is 7.18. The summed E-state index contributed by atoms with van der Waals surface area (Å²) in [6, 6.07) is 0. The molecule has 0 N–H and O–H groups in total. The van der Waals surface area contributed by atoms with Crippen molar-refractivity contribution in [1.82, 2.24) is 0 Å². The molecule has 8 heavy (non-hydrogen) atoms. The van der Waals surface area contributed by atoms with Gasteiger partial charge in [-0.3, -0.25) is 0 Å². The molecule has 0 rings (SSSR count). The van der Waals surface area contributed by atoms with Gasteiger partial charge in [0.05, 0.1) is 0 Å². The molecule has 0 aliphatic rings. The van der Waals surface area contributed by atoms with Crippen LogP contribution in [-0.4, -0.2) is 6.16 Å². The maximum Gasteiger partial charge on any atom is -0.0325 e. The molecular weight excluding hydrogens is 254 g/mol. The van der Waals surface area contributed by atoms with Crippen LogP contribution in [0.2, 0.25) is 0 Å². The third-order valence-corrected chi connectivity index (χ3v) is 5.07. The van der Waals surface area contributed by atoms with Gasteiger partial charge in [0.25, 0.3) is 0 Å². The first-order valence-electron chi connectivity index (χ1n) is 2.53. The van der Waals surface area contributed by atoms with E-state index in [1.54, 1.807) is 0 Å². The number of unbranched alkanes of at least 4 members (excludes halogenated alkanes) is 1. The smallest absolute Gasteiger partial charge is 0.0325 e. The molecule has 0 bridgehead atoms. The van der Waals surface area contributed by atoms with Crippen molar-refractivity contribution in [1.29, 1.82) is 0 Å². The molecule has 4 heteroatoms. The second kappa shape index (κ2) is 6.30. The van der Waals surface area contributed by atoms with Crippen LogP contribution in [0, 0.1) is 0 Å². The Morgan fingerprint density at radius 3 is 2.75 bits per heavy atom. The van der Waals surface area contributed by atoms with Crippen molar-refractivity contribution in [3.05, 3.63) is 0 Å². The van der Waals surface area contributed by atoms with Crippen LogP contribution < -0.4 is 0 Å².